The first-order valence-electron chi connectivity index (χ1n) is 7.91. The molecule has 4 unspecified atom stereocenters. The third-order valence-corrected chi connectivity index (χ3v) is 6.45. The van der Waals surface area contributed by atoms with E-state index < -0.39 is 42.0 Å². The van der Waals surface area contributed by atoms with Crippen molar-refractivity contribution in [2.24, 2.45) is 0 Å². The van der Waals surface area contributed by atoms with Crippen molar-refractivity contribution in [3.63, 3.8) is 0 Å². The quantitative estimate of drug-likeness (QED) is 0.699. The second kappa shape index (κ2) is 6.70. The molecule has 0 radical (unpaired) electrons. The Morgan fingerprint density at radius 3 is 2.92 bits per heavy atom. The van der Waals surface area contributed by atoms with Crippen LogP contribution < -0.4 is 11.2 Å². The van der Waals surface area contributed by atoms with Crippen LogP contribution in [0.1, 0.15) is 31.6 Å². The van der Waals surface area contributed by atoms with Gasteiger partial charge in [0.1, 0.15) is 17.8 Å². The molecular weight excluding hydrogens is 371 g/mol. The van der Waals surface area contributed by atoms with Crippen molar-refractivity contribution in [1.29, 1.82) is 0 Å². The van der Waals surface area contributed by atoms with Crippen molar-refractivity contribution < 1.29 is 23.4 Å². The number of fused-ring (bicyclic) bond motifs is 2. The van der Waals surface area contributed by atoms with Gasteiger partial charge in [-0.2, -0.15) is 0 Å². The van der Waals surface area contributed by atoms with Gasteiger partial charge in [0.05, 0.1) is 6.61 Å². The van der Waals surface area contributed by atoms with Crippen molar-refractivity contribution in [3.05, 3.63) is 32.6 Å². The van der Waals surface area contributed by atoms with Gasteiger partial charge in [-0.05, 0) is 25.2 Å². The highest BCUT2D eigenvalue weighted by Crippen LogP contribution is 2.54. The first-order valence-corrected chi connectivity index (χ1v) is 10.5. The SMILES string of the molecule is CCC12CCOC(C1OP(O)(=S)OC)[C@H](n1cc(C)c(=O)[nH]c1=O)O2. The van der Waals surface area contributed by atoms with Gasteiger partial charge in [-0.25, -0.2) is 4.79 Å². The fourth-order valence-electron chi connectivity index (χ4n) is 3.36. The summed E-state index contributed by atoms with van der Waals surface area (Å²) in [6.07, 6.45) is 0.373. The Balaban J connectivity index is 2.04. The third-order valence-electron chi connectivity index (χ3n) is 4.78. The third kappa shape index (κ3) is 3.28. The van der Waals surface area contributed by atoms with E-state index in [1.807, 2.05) is 6.92 Å². The summed E-state index contributed by atoms with van der Waals surface area (Å²) in [6, 6.07) is 0. The van der Waals surface area contributed by atoms with Crippen LogP contribution in [0.15, 0.2) is 15.8 Å². The summed E-state index contributed by atoms with van der Waals surface area (Å²) in [5, 5.41) is 0. The number of aromatic amines is 1. The second-order valence-corrected chi connectivity index (χ2v) is 9.07. The van der Waals surface area contributed by atoms with Crippen LogP contribution >= 0.6 is 6.72 Å². The highest BCUT2D eigenvalue weighted by Gasteiger charge is 2.60. The minimum absolute atomic E-state index is 0.372. The molecule has 1 aromatic rings. The zero-order valence-electron chi connectivity index (χ0n) is 14.1. The van der Waals surface area contributed by atoms with Crippen molar-refractivity contribution >= 4 is 18.5 Å². The Kier molecular flexibility index (Phi) is 5.06. The van der Waals surface area contributed by atoms with Crippen LogP contribution in [0.3, 0.4) is 0 Å². The minimum Gasteiger partial charge on any atom is -0.371 e. The molecule has 3 rings (SSSR count). The molecule has 25 heavy (non-hydrogen) atoms. The molecule has 0 aromatic carbocycles. The Labute approximate surface area is 149 Å². The number of ether oxygens (including phenoxy) is 2. The molecule has 2 saturated heterocycles. The van der Waals surface area contributed by atoms with Crippen LogP contribution in [0.4, 0.5) is 0 Å². The van der Waals surface area contributed by atoms with Gasteiger partial charge >= 0.3 is 12.4 Å². The lowest BCUT2D eigenvalue weighted by Gasteiger charge is -2.38. The summed E-state index contributed by atoms with van der Waals surface area (Å²) in [5.41, 5.74) is -1.44. The van der Waals surface area contributed by atoms with Crippen LogP contribution in [0.5, 0.6) is 0 Å². The smallest absolute Gasteiger partial charge is 0.330 e. The van der Waals surface area contributed by atoms with E-state index in [2.05, 4.69) is 4.98 Å². The molecule has 2 bridgehead atoms. The number of aryl methyl sites for hydroxylation is 1. The molecule has 0 saturated carbocycles. The zero-order valence-corrected chi connectivity index (χ0v) is 15.8. The first-order chi connectivity index (χ1) is 11.7. The fraction of sp³-hybridized carbons (Fsp3) is 0.714. The number of hydrogen-bond donors (Lipinski definition) is 2. The molecule has 2 N–H and O–H groups in total. The van der Waals surface area contributed by atoms with E-state index in [9.17, 15) is 14.5 Å². The average Bonchev–Trinajstić information content (AvgIpc) is 2.73. The normalized spacial score (nSPS) is 34.0. The van der Waals surface area contributed by atoms with E-state index in [0.29, 0.717) is 25.0 Å². The van der Waals surface area contributed by atoms with E-state index in [4.69, 9.17) is 30.3 Å². The average molecular weight is 392 g/mol. The summed E-state index contributed by atoms with van der Waals surface area (Å²) in [4.78, 5) is 36.2. The molecule has 3 heterocycles. The van der Waals surface area contributed by atoms with Crippen molar-refractivity contribution in [2.75, 3.05) is 13.7 Å². The van der Waals surface area contributed by atoms with Crippen LogP contribution in [0.2, 0.25) is 0 Å². The first kappa shape index (κ1) is 18.9. The Morgan fingerprint density at radius 1 is 1.56 bits per heavy atom. The van der Waals surface area contributed by atoms with Crippen LogP contribution in [0.25, 0.3) is 0 Å². The molecule has 0 amide bonds. The molecule has 5 atom stereocenters. The number of hydrogen-bond acceptors (Lipinski definition) is 7. The van der Waals surface area contributed by atoms with E-state index in [0.717, 1.165) is 0 Å². The standard InChI is InChI=1S/C14H21N2O7PS/c1-4-14-5-6-21-9(10(14)23-24(19,25)20-3)12(22-14)16-7-8(2)11(17)15-13(16)18/h7,9-10,12H,4-6H2,1-3H3,(H,19,25)(H,15,17,18)/t9?,10?,12-,14?,24?/m1/s1. The number of nitrogens with one attached hydrogen (secondary N) is 1. The van der Waals surface area contributed by atoms with Gasteiger partial charge in [0.2, 0.25) is 0 Å². The highest BCUT2D eigenvalue weighted by atomic mass is 32.5. The summed E-state index contributed by atoms with van der Waals surface area (Å²) < 4.78 is 23.8. The van der Waals surface area contributed by atoms with Crippen LogP contribution in [-0.2, 0) is 30.3 Å². The highest BCUT2D eigenvalue weighted by molar-refractivity contribution is 8.07. The number of aromatic nitrogens is 2. The summed E-state index contributed by atoms with van der Waals surface area (Å²) in [5.74, 6) is 0. The van der Waals surface area contributed by atoms with Crippen molar-refractivity contribution in [2.45, 2.75) is 50.7 Å². The molecule has 2 aliphatic heterocycles. The zero-order chi connectivity index (χ0) is 18.4. The van der Waals surface area contributed by atoms with E-state index in [1.54, 1.807) is 6.92 Å². The maximum Gasteiger partial charge on any atom is 0.330 e. The summed E-state index contributed by atoms with van der Waals surface area (Å²) >= 11 is 4.97. The number of nitrogens with zero attached hydrogens (tertiary/aromatic N) is 1. The largest absolute Gasteiger partial charge is 0.371 e. The minimum atomic E-state index is -3.45. The maximum atomic E-state index is 12.3. The van der Waals surface area contributed by atoms with Crippen LogP contribution in [0, 0.1) is 6.92 Å². The van der Waals surface area contributed by atoms with Gasteiger partial charge in [-0.3, -0.25) is 18.9 Å². The Bertz CT molecular complexity index is 824. The molecule has 2 aliphatic rings. The number of rotatable bonds is 5. The Morgan fingerprint density at radius 2 is 2.28 bits per heavy atom. The van der Waals surface area contributed by atoms with E-state index in [-0.39, 0.29) is 0 Å². The topological polar surface area (TPSA) is 112 Å². The van der Waals surface area contributed by atoms with Crippen molar-refractivity contribution in [1.82, 2.24) is 9.55 Å². The fourth-order valence-corrected chi connectivity index (χ4v) is 4.32. The molecule has 1 aromatic heterocycles. The van der Waals surface area contributed by atoms with Gasteiger partial charge in [-0.1, -0.05) is 6.92 Å². The molecule has 0 spiro atoms. The van der Waals surface area contributed by atoms with Gasteiger partial charge < -0.3 is 18.9 Å². The lowest BCUT2D eigenvalue weighted by molar-refractivity contribution is -0.117. The van der Waals surface area contributed by atoms with Gasteiger partial charge in [0, 0.05) is 25.3 Å². The summed E-state index contributed by atoms with van der Waals surface area (Å²) in [7, 11) is 1.28. The monoisotopic (exact) mass is 392 g/mol. The predicted molar refractivity (Wildman–Crippen MR) is 91.9 cm³/mol. The maximum absolute atomic E-state index is 12.3. The molecule has 140 valence electrons. The van der Waals surface area contributed by atoms with Gasteiger partial charge in [0.25, 0.3) is 5.56 Å². The molecule has 2 fully saturated rings. The van der Waals surface area contributed by atoms with E-state index >= 15 is 0 Å². The van der Waals surface area contributed by atoms with Gasteiger partial charge in [0.15, 0.2) is 6.23 Å². The van der Waals surface area contributed by atoms with Crippen molar-refractivity contribution in [3.8, 4) is 0 Å². The molecule has 9 nitrogen and oxygen atoms in total. The van der Waals surface area contributed by atoms with Gasteiger partial charge in [-0.15, -0.1) is 0 Å². The summed E-state index contributed by atoms with van der Waals surface area (Å²) in [6.45, 7) is 0.495. The Hall–Kier alpha value is -0.870. The molecular formula is C14H21N2O7PS. The number of H-pyrrole nitrogens is 1. The molecule has 11 heteroatoms. The van der Waals surface area contributed by atoms with E-state index in [1.165, 1.54) is 17.9 Å². The predicted octanol–water partition coefficient (Wildman–Crippen LogP) is 0.560. The van der Waals surface area contributed by atoms with Crippen LogP contribution in [-0.4, -0.2) is 46.0 Å². The molecule has 0 aliphatic carbocycles. The lowest BCUT2D eigenvalue weighted by Crippen LogP contribution is -2.49. The second-order valence-electron chi connectivity index (χ2n) is 6.17. The lowest BCUT2D eigenvalue weighted by atomic mass is 9.87.